The van der Waals surface area contributed by atoms with Crippen molar-refractivity contribution in [1.29, 1.82) is 0 Å². The number of hydrogen-bond acceptors (Lipinski definition) is 5. The second kappa shape index (κ2) is 4.93. The lowest BCUT2D eigenvalue weighted by atomic mass is 10.1. The minimum absolute atomic E-state index is 0.0536. The van der Waals surface area contributed by atoms with Gasteiger partial charge in [0.15, 0.2) is 9.84 Å². The summed E-state index contributed by atoms with van der Waals surface area (Å²) in [6, 6.07) is 3.54. The summed E-state index contributed by atoms with van der Waals surface area (Å²) < 4.78 is 42.6. The van der Waals surface area contributed by atoms with Crippen LogP contribution in [0.5, 0.6) is 0 Å². The number of aliphatic hydroxyl groups excluding tert-OH is 1. The Morgan fingerprint density at radius 1 is 1.50 bits per heavy atom. The largest absolute Gasteiger partial charge is 0.387 e. The minimum Gasteiger partial charge on any atom is -0.387 e. The van der Waals surface area contributed by atoms with Crippen molar-refractivity contribution < 1.29 is 22.7 Å². The van der Waals surface area contributed by atoms with Crippen LogP contribution in [0.1, 0.15) is 11.7 Å². The van der Waals surface area contributed by atoms with Crippen LogP contribution in [0, 0.1) is 5.82 Å². The fourth-order valence-electron chi connectivity index (χ4n) is 1.66. The van der Waals surface area contributed by atoms with E-state index in [0.717, 1.165) is 12.1 Å². The molecule has 3 N–H and O–H groups in total. The second-order valence-electron chi connectivity index (χ2n) is 4.15. The molecule has 5 nitrogen and oxygen atoms in total. The maximum absolute atomic E-state index is 13.8. The van der Waals surface area contributed by atoms with E-state index in [9.17, 15) is 17.9 Å². The van der Waals surface area contributed by atoms with E-state index in [-0.39, 0.29) is 30.2 Å². The highest BCUT2D eigenvalue weighted by atomic mass is 32.2. The standard InChI is InChI=1S/C11H14FNO4S/c12-9-3-7(10(14)4-13)1-2-11(9)18(15,16)8-5-17-6-8/h1-3,8,10,14H,4-6,13H2. The van der Waals surface area contributed by atoms with Crippen LogP contribution in [0.4, 0.5) is 4.39 Å². The van der Waals surface area contributed by atoms with Gasteiger partial charge in [-0.3, -0.25) is 0 Å². The maximum atomic E-state index is 13.8. The predicted octanol–water partition coefficient (Wildman–Crippen LogP) is -0.00970. The van der Waals surface area contributed by atoms with Crippen LogP contribution in [0.25, 0.3) is 0 Å². The zero-order chi connectivity index (χ0) is 13.3. The average Bonchev–Trinajstić information content (AvgIpc) is 2.24. The van der Waals surface area contributed by atoms with Crippen molar-refractivity contribution in [3.05, 3.63) is 29.6 Å². The highest BCUT2D eigenvalue weighted by Crippen LogP contribution is 2.26. The van der Waals surface area contributed by atoms with Gasteiger partial charge in [0, 0.05) is 6.54 Å². The van der Waals surface area contributed by atoms with Crippen molar-refractivity contribution in [3.8, 4) is 0 Å². The summed E-state index contributed by atoms with van der Waals surface area (Å²) in [4.78, 5) is -0.358. The molecule has 1 aliphatic heterocycles. The third-order valence-electron chi connectivity index (χ3n) is 2.92. The third kappa shape index (κ3) is 2.26. The van der Waals surface area contributed by atoms with Crippen LogP contribution in [-0.2, 0) is 14.6 Å². The molecule has 0 aliphatic carbocycles. The van der Waals surface area contributed by atoms with Gasteiger partial charge in [0.1, 0.15) is 16.0 Å². The molecule has 0 aromatic heterocycles. The van der Waals surface area contributed by atoms with Gasteiger partial charge in [-0.05, 0) is 17.7 Å². The zero-order valence-corrected chi connectivity index (χ0v) is 10.4. The molecule has 18 heavy (non-hydrogen) atoms. The van der Waals surface area contributed by atoms with Gasteiger partial charge in [-0.2, -0.15) is 0 Å². The quantitative estimate of drug-likeness (QED) is 0.806. The number of rotatable bonds is 4. The van der Waals surface area contributed by atoms with E-state index in [1.54, 1.807) is 0 Å². The first-order chi connectivity index (χ1) is 8.46. The van der Waals surface area contributed by atoms with E-state index in [2.05, 4.69) is 0 Å². The lowest BCUT2D eigenvalue weighted by Gasteiger charge is -2.26. The molecule has 1 aliphatic rings. The first-order valence-corrected chi connectivity index (χ1v) is 7.00. The molecule has 1 heterocycles. The van der Waals surface area contributed by atoms with Crippen molar-refractivity contribution >= 4 is 9.84 Å². The molecule has 0 amide bonds. The molecular formula is C11H14FNO4S. The van der Waals surface area contributed by atoms with Gasteiger partial charge in [0.25, 0.3) is 0 Å². The van der Waals surface area contributed by atoms with E-state index in [4.69, 9.17) is 10.5 Å². The molecule has 1 aromatic rings. The molecular weight excluding hydrogens is 261 g/mol. The van der Waals surface area contributed by atoms with Gasteiger partial charge in [-0.1, -0.05) is 6.07 Å². The molecule has 7 heteroatoms. The van der Waals surface area contributed by atoms with Crippen molar-refractivity contribution in [2.45, 2.75) is 16.2 Å². The topological polar surface area (TPSA) is 89.6 Å². The van der Waals surface area contributed by atoms with Gasteiger partial charge < -0.3 is 15.6 Å². The molecule has 1 fully saturated rings. The lowest BCUT2D eigenvalue weighted by molar-refractivity contribution is 0.0415. The summed E-state index contributed by atoms with van der Waals surface area (Å²) in [5, 5.41) is 8.77. The molecule has 1 unspecified atom stereocenters. The molecule has 1 aromatic carbocycles. The summed E-state index contributed by atoms with van der Waals surface area (Å²) in [7, 11) is -3.69. The Hall–Kier alpha value is -1.02. The number of hydrogen-bond donors (Lipinski definition) is 2. The number of ether oxygens (including phenoxy) is 1. The van der Waals surface area contributed by atoms with Crippen LogP contribution < -0.4 is 5.73 Å². The Morgan fingerprint density at radius 2 is 2.17 bits per heavy atom. The number of nitrogens with two attached hydrogens (primary N) is 1. The first-order valence-electron chi connectivity index (χ1n) is 5.46. The summed E-state index contributed by atoms with van der Waals surface area (Å²) in [6.07, 6.45) is -0.997. The number of sulfone groups is 1. The number of benzene rings is 1. The molecule has 2 rings (SSSR count). The fourth-order valence-corrected chi connectivity index (χ4v) is 3.16. The van der Waals surface area contributed by atoms with Crippen LogP contribution >= 0.6 is 0 Å². The molecule has 0 spiro atoms. The van der Waals surface area contributed by atoms with Crippen molar-refractivity contribution in [2.24, 2.45) is 5.73 Å². The molecule has 1 atom stereocenters. The average molecular weight is 275 g/mol. The minimum atomic E-state index is -3.69. The van der Waals surface area contributed by atoms with Crippen molar-refractivity contribution in [1.82, 2.24) is 0 Å². The fraction of sp³-hybridized carbons (Fsp3) is 0.455. The van der Waals surface area contributed by atoms with Crippen molar-refractivity contribution in [3.63, 3.8) is 0 Å². The molecule has 0 saturated carbocycles. The summed E-state index contributed by atoms with van der Waals surface area (Å²) in [5.74, 6) is -0.869. The predicted molar refractivity (Wildman–Crippen MR) is 62.2 cm³/mol. The first kappa shape index (κ1) is 13.4. The van der Waals surface area contributed by atoms with E-state index in [0.29, 0.717) is 0 Å². The monoisotopic (exact) mass is 275 g/mol. The van der Waals surface area contributed by atoms with Crippen LogP contribution in [0.2, 0.25) is 0 Å². The smallest absolute Gasteiger partial charge is 0.188 e. The Morgan fingerprint density at radius 3 is 2.61 bits per heavy atom. The van der Waals surface area contributed by atoms with Gasteiger partial charge in [-0.25, -0.2) is 12.8 Å². The Balaban J connectivity index is 2.35. The highest BCUT2D eigenvalue weighted by molar-refractivity contribution is 7.92. The van der Waals surface area contributed by atoms with E-state index >= 15 is 0 Å². The third-order valence-corrected chi connectivity index (χ3v) is 5.01. The highest BCUT2D eigenvalue weighted by Gasteiger charge is 2.35. The maximum Gasteiger partial charge on any atom is 0.188 e. The lowest BCUT2D eigenvalue weighted by Crippen LogP contribution is -2.41. The zero-order valence-electron chi connectivity index (χ0n) is 9.54. The normalized spacial score (nSPS) is 18.4. The molecule has 100 valence electrons. The molecule has 0 bridgehead atoms. The second-order valence-corrected chi connectivity index (χ2v) is 6.34. The summed E-state index contributed by atoms with van der Waals surface area (Å²) in [5.41, 5.74) is 5.51. The van der Waals surface area contributed by atoms with Crippen molar-refractivity contribution in [2.75, 3.05) is 19.8 Å². The van der Waals surface area contributed by atoms with Crippen LogP contribution in [0.15, 0.2) is 23.1 Å². The Bertz CT molecular complexity index is 542. The Kier molecular flexibility index (Phi) is 3.67. The molecule has 1 saturated heterocycles. The van der Waals surface area contributed by atoms with Crippen LogP contribution in [-0.4, -0.2) is 38.5 Å². The van der Waals surface area contributed by atoms with Gasteiger partial charge in [0.2, 0.25) is 0 Å². The number of halogens is 1. The van der Waals surface area contributed by atoms with E-state index < -0.39 is 27.0 Å². The van der Waals surface area contributed by atoms with Gasteiger partial charge >= 0.3 is 0 Å². The molecule has 0 radical (unpaired) electrons. The van der Waals surface area contributed by atoms with E-state index in [1.807, 2.05) is 0 Å². The van der Waals surface area contributed by atoms with Gasteiger partial charge in [-0.15, -0.1) is 0 Å². The van der Waals surface area contributed by atoms with Crippen LogP contribution in [0.3, 0.4) is 0 Å². The summed E-state index contributed by atoms with van der Waals surface area (Å²) in [6.45, 7) is 0.131. The summed E-state index contributed by atoms with van der Waals surface area (Å²) >= 11 is 0. The van der Waals surface area contributed by atoms with Gasteiger partial charge in [0.05, 0.1) is 19.3 Å². The number of aliphatic hydroxyl groups is 1. The Labute approximate surface area is 104 Å². The van der Waals surface area contributed by atoms with E-state index in [1.165, 1.54) is 6.07 Å². The SMILES string of the molecule is NCC(O)c1ccc(S(=O)(=O)C2COC2)c(F)c1.